The summed E-state index contributed by atoms with van der Waals surface area (Å²) in [6.45, 7) is 3.11. The van der Waals surface area contributed by atoms with E-state index in [9.17, 15) is 36.6 Å². The summed E-state index contributed by atoms with van der Waals surface area (Å²) >= 11 is 0. The van der Waals surface area contributed by atoms with Gasteiger partial charge >= 0.3 is 5.97 Å². The van der Waals surface area contributed by atoms with Crippen LogP contribution >= 0.6 is 0 Å². The topological polar surface area (TPSA) is 75.6 Å². The van der Waals surface area contributed by atoms with Crippen LogP contribution in [0.4, 0.5) is 22.0 Å². The number of aromatic hydroxyl groups is 1. The molecule has 2 aromatic rings. The Bertz CT molecular complexity index is 923. The van der Waals surface area contributed by atoms with Crippen LogP contribution in [-0.2, 0) is 0 Å². The minimum Gasteiger partial charge on any atom is -0.507 e. The van der Waals surface area contributed by atoms with Crippen LogP contribution in [0.25, 0.3) is 0 Å². The third-order valence-corrected chi connectivity index (χ3v) is 3.51. The summed E-state index contributed by atoms with van der Waals surface area (Å²) in [4.78, 5) is 24.0. The number of nitrogens with one attached hydrogen (secondary N) is 1. The summed E-state index contributed by atoms with van der Waals surface area (Å²) in [5.41, 5.74) is -0.723. The number of ether oxygens (including phenoxy) is 1. The fourth-order valence-electron chi connectivity index (χ4n) is 2.17. The summed E-state index contributed by atoms with van der Waals surface area (Å²) in [5.74, 6) is -16.1. The van der Waals surface area contributed by atoms with Crippen molar-refractivity contribution in [1.29, 1.82) is 0 Å². The van der Waals surface area contributed by atoms with Crippen molar-refractivity contribution in [1.82, 2.24) is 5.32 Å². The maximum Gasteiger partial charge on any atom is 0.344 e. The van der Waals surface area contributed by atoms with E-state index in [0.29, 0.717) is 0 Å². The molecule has 1 radical (unpaired) electrons. The van der Waals surface area contributed by atoms with Gasteiger partial charge in [-0.3, -0.25) is 4.79 Å². The molecule has 0 spiro atoms. The first-order chi connectivity index (χ1) is 12.6. The second kappa shape index (κ2) is 8.02. The molecule has 0 saturated heterocycles. The molecule has 0 aliphatic rings. The number of hydrogen-bond donors (Lipinski definition) is 2. The smallest absolute Gasteiger partial charge is 0.344 e. The average Bonchev–Trinajstić information content (AvgIpc) is 2.62. The Kier molecular flexibility index (Phi) is 6.27. The van der Waals surface area contributed by atoms with Crippen LogP contribution in [0.3, 0.4) is 0 Å². The minimum atomic E-state index is -2.40. The van der Waals surface area contributed by atoms with Gasteiger partial charge in [0.05, 0.1) is 11.1 Å². The first-order valence-electron chi connectivity index (χ1n) is 7.45. The number of phenolic OH excluding ortho intramolecular Hbond substituents is 1. The molecule has 0 saturated carbocycles. The predicted octanol–water partition coefficient (Wildman–Crippen LogP) is 3.37. The standard InChI is InChI=1S/C17H12F5NO4.Lr/c1-3-23-16(25)8-5-7(6(2)4-9(8)24)17(26)27-15-13(21)11(19)10(18)12(20)14(15)22;/h4-5,24H,3H2,1-2H3,(H,23,25);. The Morgan fingerprint density at radius 3 is 1.96 bits per heavy atom. The largest absolute Gasteiger partial charge is 0.507 e. The summed E-state index contributed by atoms with van der Waals surface area (Å²) in [6, 6.07) is 1.89. The van der Waals surface area contributed by atoms with Gasteiger partial charge in [-0.25, -0.2) is 18.0 Å². The number of carbonyl (C=O) groups is 2. The Balaban J connectivity index is 0.00000392. The molecule has 0 unspecified atom stereocenters. The molecule has 0 aliphatic carbocycles. The molecule has 0 atom stereocenters. The third-order valence-electron chi connectivity index (χ3n) is 3.51. The van der Waals surface area contributed by atoms with Crippen LogP contribution in [0.15, 0.2) is 12.1 Å². The molecule has 0 bridgehead atoms. The number of amides is 1. The van der Waals surface area contributed by atoms with E-state index in [0.717, 1.165) is 12.1 Å². The second-order valence-electron chi connectivity index (χ2n) is 5.33. The van der Waals surface area contributed by atoms with Crippen LogP contribution in [0.5, 0.6) is 11.5 Å². The Labute approximate surface area is 149 Å². The van der Waals surface area contributed by atoms with E-state index in [1.807, 2.05) is 0 Å². The van der Waals surface area contributed by atoms with Crippen LogP contribution in [-0.4, -0.2) is 23.5 Å². The van der Waals surface area contributed by atoms with Crippen LogP contribution in [0.2, 0.25) is 0 Å². The van der Waals surface area contributed by atoms with E-state index >= 15 is 0 Å². The molecule has 0 heterocycles. The Hall–Kier alpha value is -4.17. The number of halogens is 5. The van der Waals surface area contributed by atoms with Crippen LogP contribution in [0, 0.1) is 36.0 Å². The maximum absolute atomic E-state index is 13.6. The average molecular weight is 651 g/mol. The molecule has 28 heavy (non-hydrogen) atoms. The van der Waals surface area contributed by atoms with Gasteiger partial charge in [-0.1, -0.05) is 0 Å². The van der Waals surface area contributed by atoms with E-state index in [1.54, 1.807) is 6.92 Å². The number of aryl methyl sites for hydroxylation is 1. The molecule has 0 aliphatic heterocycles. The summed E-state index contributed by atoms with van der Waals surface area (Å²) in [6.07, 6.45) is 0. The van der Waals surface area contributed by atoms with Gasteiger partial charge in [0.15, 0.2) is 0 Å². The Morgan fingerprint density at radius 2 is 1.46 bits per heavy atom. The number of benzene rings is 2. The van der Waals surface area contributed by atoms with Crippen molar-refractivity contribution in [2.24, 2.45) is 0 Å². The van der Waals surface area contributed by atoms with Crippen molar-refractivity contribution < 1.29 is 41.4 Å². The monoisotopic (exact) mass is 651 g/mol. The van der Waals surface area contributed by atoms with Crippen molar-refractivity contribution in [3.63, 3.8) is 0 Å². The molecule has 11 heteroatoms. The third kappa shape index (κ3) is 3.67. The molecule has 1 amide bonds. The summed E-state index contributed by atoms with van der Waals surface area (Å²) in [7, 11) is 0. The maximum atomic E-state index is 13.6. The molecule has 2 N–H and O–H groups in total. The van der Waals surface area contributed by atoms with Gasteiger partial charge in [-0.05, 0) is 31.5 Å². The summed E-state index contributed by atoms with van der Waals surface area (Å²) < 4.78 is 71.1. The van der Waals surface area contributed by atoms with Crippen molar-refractivity contribution in [3.05, 3.63) is 57.9 Å². The van der Waals surface area contributed by atoms with E-state index in [2.05, 4.69) is 10.1 Å². The fraction of sp³-hybridized carbons (Fsp3) is 0.176. The molecule has 0 aromatic heterocycles. The first-order valence-corrected chi connectivity index (χ1v) is 7.45. The van der Waals surface area contributed by atoms with Gasteiger partial charge in [-0.2, -0.15) is 8.78 Å². The van der Waals surface area contributed by atoms with Crippen LogP contribution in [0.1, 0.15) is 33.2 Å². The normalized spacial score (nSPS) is 10.2. The number of esters is 1. The first kappa shape index (κ1) is 21.9. The van der Waals surface area contributed by atoms with Gasteiger partial charge in [0.2, 0.25) is 34.8 Å². The van der Waals surface area contributed by atoms with Gasteiger partial charge in [0.1, 0.15) is 5.75 Å². The van der Waals surface area contributed by atoms with Crippen molar-refractivity contribution in [3.8, 4) is 11.5 Å². The van der Waals surface area contributed by atoms with Crippen molar-refractivity contribution >= 4 is 11.9 Å². The number of phenols is 1. The molecular weight excluding hydrogens is 639 g/mol. The number of carbonyl (C=O) groups excluding carboxylic acids is 2. The van der Waals surface area contributed by atoms with E-state index in [-0.39, 0.29) is 17.7 Å². The van der Waals surface area contributed by atoms with E-state index in [4.69, 9.17) is 0 Å². The molecule has 159 valence electrons. The van der Waals surface area contributed by atoms with Gasteiger partial charge in [0.25, 0.3) is 5.91 Å². The zero-order valence-corrected chi connectivity index (χ0v) is 16.3. The molecule has 2 aromatic carbocycles. The fourth-order valence-corrected chi connectivity index (χ4v) is 2.17. The molecule has 5 nitrogen and oxygen atoms in total. The van der Waals surface area contributed by atoms with Crippen molar-refractivity contribution in [2.75, 3.05) is 6.54 Å². The second-order valence-corrected chi connectivity index (χ2v) is 5.33. The SMILES string of the molecule is CCNC(=O)c1cc(C(=O)Oc2c(F)c(F)c(F)c(F)c2F)c(C)cc1O.[Lr]. The number of hydrogen-bond acceptors (Lipinski definition) is 4. The van der Waals surface area contributed by atoms with Gasteiger partial charge < -0.3 is 15.2 Å². The summed E-state index contributed by atoms with van der Waals surface area (Å²) in [5, 5.41) is 12.2. The van der Waals surface area contributed by atoms with Gasteiger partial charge in [0, 0.05) is 6.54 Å². The molecule has 2 rings (SSSR count). The quantitative estimate of drug-likeness (QED) is 0.175. The minimum absolute atomic E-state index is 0. The van der Waals surface area contributed by atoms with Crippen LogP contribution < -0.4 is 10.1 Å². The van der Waals surface area contributed by atoms with Crippen molar-refractivity contribution in [2.45, 2.75) is 13.8 Å². The number of rotatable bonds is 4. The zero-order chi connectivity index (χ0) is 20.5. The Morgan fingerprint density at radius 1 is 0.964 bits per heavy atom. The predicted molar refractivity (Wildman–Crippen MR) is 82.0 cm³/mol. The van der Waals surface area contributed by atoms with Gasteiger partial charge in [-0.15, -0.1) is 0 Å². The van der Waals surface area contributed by atoms with E-state index < -0.39 is 58.0 Å². The molecular formula is C17H12F5LrNO4. The zero-order valence-electron chi connectivity index (χ0n) is 14.2. The van der Waals surface area contributed by atoms with E-state index in [1.165, 1.54) is 6.92 Å². The molecule has 0 fully saturated rings.